The molecular formula is C26H31N3O2. The summed E-state index contributed by atoms with van der Waals surface area (Å²) >= 11 is 0. The Kier molecular flexibility index (Phi) is 4.98. The number of rotatable bonds is 4. The Morgan fingerprint density at radius 2 is 1.94 bits per heavy atom. The minimum atomic E-state index is -0.307. The second-order valence-electron chi connectivity index (χ2n) is 9.64. The Morgan fingerprint density at radius 1 is 1.16 bits per heavy atom. The standard InChI is InChI=1S/C26H31N3O2/c1-17-6-4-7-21-23(17)24(31)27-25-26(2,3)20-9-8-19(16-22(20)29(21)25)18-10-13-28(14-11-18)12-5-15-30/h4,6-9,16,18,30H,5,10-15H2,1-3H3. The molecule has 1 fully saturated rings. The average molecular weight is 418 g/mol. The van der Waals surface area contributed by atoms with Crippen LogP contribution in [0.15, 0.2) is 41.2 Å². The predicted molar refractivity (Wildman–Crippen MR) is 124 cm³/mol. The van der Waals surface area contributed by atoms with Crippen LogP contribution in [0.25, 0.3) is 16.6 Å². The Morgan fingerprint density at radius 3 is 2.68 bits per heavy atom. The summed E-state index contributed by atoms with van der Waals surface area (Å²) in [5, 5.41) is 9.81. The van der Waals surface area contributed by atoms with Crippen LogP contribution >= 0.6 is 0 Å². The summed E-state index contributed by atoms with van der Waals surface area (Å²) in [5.41, 5.74) is 5.28. The first-order chi connectivity index (χ1) is 14.9. The van der Waals surface area contributed by atoms with E-state index >= 15 is 0 Å². The molecule has 0 saturated carbocycles. The van der Waals surface area contributed by atoms with Crippen LogP contribution < -0.4 is 5.56 Å². The molecule has 3 aromatic rings. The smallest absolute Gasteiger partial charge is 0.281 e. The number of nitrogens with zero attached hydrogens (tertiary/aromatic N) is 3. The van der Waals surface area contributed by atoms with Crippen molar-refractivity contribution in [2.75, 3.05) is 26.2 Å². The highest BCUT2D eigenvalue weighted by Crippen LogP contribution is 2.44. The van der Waals surface area contributed by atoms with Crippen molar-refractivity contribution in [1.82, 2.24) is 14.5 Å². The quantitative estimate of drug-likeness (QED) is 0.700. The Bertz CT molecular complexity index is 1200. The number of aliphatic hydroxyl groups excluding tert-OH is 1. The van der Waals surface area contributed by atoms with Crippen molar-refractivity contribution in [2.24, 2.45) is 0 Å². The molecule has 0 amide bonds. The van der Waals surface area contributed by atoms with Crippen LogP contribution in [0.4, 0.5) is 0 Å². The molecule has 0 aliphatic carbocycles. The number of piperidine rings is 1. The molecule has 0 atom stereocenters. The lowest BCUT2D eigenvalue weighted by molar-refractivity contribution is 0.187. The summed E-state index contributed by atoms with van der Waals surface area (Å²) in [5.74, 6) is 1.38. The summed E-state index contributed by atoms with van der Waals surface area (Å²) in [6.07, 6.45) is 3.14. The van der Waals surface area contributed by atoms with Crippen molar-refractivity contribution in [3.63, 3.8) is 0 Å². The number of likely N-dealkylation sites (tertiary alicyclic amines) is 1. The van der Waals surface area contributed by atoms with Gasteiger partial charge in [-0.25, -0.2) is 0 Å². The first kappa shape index (κ1) is 20.4. The van der Waals surface area contributed by atoms with E-state index < -0.39 is 0 Å². The lowest BCUT2D eigenvalue weighted by atomic mass is 9.83. The summed E-state index contributed by atoms with van der Waals surface area (Å²) in [7, 11) is 0. The maximum atomic E-state index is 12.9. The van der Waals surface area contributed by atoms with Gasteiger partial charge in [0.25, 0.3) is 5.56 Å². The molecule has 2 aromatic carbocycles. The number of hydrogen-bond acceptors (Lipinski definition) is 4. The topological polar surface area (TPSA) is 58.4 Å². The molecule has 5 heteroatoms. The van der Waals surface area contributed by atoms with Crippen molar-refractivity contribution >= 4 is 10.9 Å². The largest absolute Gasteiger partial charge is 0.396 e. The molecule has 2 aliphatic rings. The second kappa shape index (κ2) is 7.57. The third-order valence-corrected chi connectivity index (χ3v) is 7.31. The highest BCUT2D eigenvalue weighted by Gasteiger charge is 2.39. The fraction of sp³-hybridized carbons (Fsp3) is 0.462. The van der Waals surface area contributed by atoms with Crippen LogP contribution in [0.1, 0.15) is 61.5 Å². The Hall–Kier alpha value is -2.50. The number of aryl methyl sites for hydroxylation is 1. The van der Waals surface area contributed by atoms with Gasteiger partial charge < -0.3 is 10.0 Å². The minimum absolute atomic E-state index is 0.129. The van der Waals surface area contributed by atoms with E-state index in [0.29, 0.717) is 5.92 Å². The monoisotopic (exact) mass is 417 g/mol. The molecule has 1 aromatic heterocycles. The first-order valence-electron chi connectivity index (χ1n) is 11.4. The van der Waals surface area contributed by atoms with Crippen LogP contribution in [0.5, 0.6) is 0 Å². The molecule has 1 saturated heterocycles. The normalized spacial score (nSPS) is 18.3. The van der Waals surface area contributed by atoms with E-state index in [9.17, 15) is 4.79 Å². The van der Waals surface area contributed by atoms with Gasteiger partial charge in [0.2, 0.25) is 0 Å². The zero-order valence-corrected chi connectivity index (χ0v) is 18.7. The summed E-state index contributed by atoms with van der Waals surface area (Å²) in [6.45, 7) is 9.74. The highest BCUT2D eigenvalue weighted by atomic mass is 16.3. The van der Waals surface area contributed by atoms with E-state index in [1.54, 1.807) is 0 Å². The minimum Gasteiger partial charge on any atom is -0.396 e. The van der Waals surface area contributed by atoms with E-state index in [-0.39, 0.29) is 17.6 Å². The van der Waals surface area contributed by atoms with Crippen molar-refractivity contribution in [3.05, 3.63) is 69.3 Å². The van der Waals surface area contributed by atoms with E-state index in [1.807, 2.05) is 25.1 Å². The third kappa shape index (κ3) is 3.22. The van der Waals surface area contributed by atoms with Gasteiger partial charge in [-0.3, -0.25) is 9.36 Å². The molecular weight excluding hydrogens is 386 g/mol. The van der Waals surface area contributed by atoms with Crippen LogP contribution in [-0.4, -0.2) is 45.8 Å². The molecule has 0 radical (unpaired) electrons. The lowest BCUT2D eigenvalue weighted by Gasteiger charge is -2.32. The van der Waals surface area contributed by atoms with E-state index in [0.717, 1.165) is 61.2 Å². The molecule has 3 heterocycles. The molecule has 2 aliphatic heterocycles. The lowest BCUT2D eigenvalue weighted by Crippen LogP contribution is -2.34. The molecule has 5 nitrogen and oxygen atoms in total. The van der Waals surface area contributed by atoms with Gasteiger partial charge in [-0.2, -0.15) is 4.98 Å². The van der Waals surface area contributed by atoms with E-state index in [4.69, 9.17) is 5.11 Å². The predicted octanol–water partition coefficient (Wildman–Crippen LogP) is 3.90. The second-order valence-corrected chi connectivity index (χ2v) is 9.64. The van der Waals surface area contributed by atoms with E-state index in [1.165, 1.54) is 16.8 Å². The number of aromatic nitrogens is 2. The molecule has 162 valence electrons. The maximum absolute atomic E-state index is 12.9. The fourth-order valence-electron chi connectivity index (χ4n) is 5.52. The Labute approximate surface area is 183 Å². The Balaban J connectivity index is 1.58. The van der Waals surface area contributed by atoms with Crippen molar-refractivity contribution in [2.45, 2.75) is 51.4 Å². The van der Waals surface area contributed by atoms with Gasteiger partial charge in [0, 0.05) is 13.2 Å². The van der Waals surface area contributed by atoms with Gasteiger partial charge in [-0.1, -0.05) is 24.3 Å². The number of benzene rings is 2. The summed E-state index contributed by atoms with van der Waals surface area (Å²) in [6, 6.07) is 12.9. The number of fused-ring (bicyclic) bond motifs is 5. The molecule has 0 unspecified atom stereocenters. The van der Waals surface area contributed by atoms with Crippen LogP contribution in [0, 0.1) is 6.92 Å². The number of hydrogen-bond donors (Lipinski definition) is 1. The molecule has 0 spiro atoms. The molecule has 0 bridgehead atoms. The van der Waals surface area contributed by atoms with Gasteiger partial charge in [-0.05, 0) is 87.9 Å². The summed E-state index contributed by atoms with van der Waals surface area (Å²) < 4.78 is 2.22. The third-order valence-electron chi connectivity index (χ3n) is 7.31. The summed E-state index contributed by atoms with van der Waals surface area (Å²) in [4.78, 5) is 19.9. The van der Waals surface area contributed by atoms with E-state index in [2.05, 4.69) is 46.5 Å². The SMILES string of the molecule is Cc1cccc2c1c(=O)nc1n2-c2cc(C3CCN(CCCO)CC3)ccc2C1(C)C. The van der Waals surface area contributed by atoms with Gasteiger partial charge in [-0.15, -0.1) is 0 Å². The maximum Gasteiger partial charge on any atom is 0.281 e. The van der Waals surface area contributed by atoms with Crippen LogP contribution in [0.2, 0.25) is 0 Å². The van der Waals surface area contributed by atoms with Crippen molar-refractivity contribution in [3.8, 4) is 5.69 Å². The average Bonchev–Trinajstić information content (AvgIpc) is 2.99. The fourth-order valence-corrected chi connectivity index (χ4v) is 5.52. The van der Waals surface area contributed by atoms with Crippen LogP contribution in [0.3, 0.4) is 0 Å². The number of aliphatic hydroxyl groups is 1. The van der Waals surface area contributed by atoms with Gasteiger partial charge >= 0.3 is 0 Å². The zero-order valence-electron chi connectivity index (χ0n) is 18.7. The molecule has 5 rings (SSSR count). The molecule has 1 N–H and O–H groups in total. The van der Waals surface area contributed by atoms with Crippen molar-refractivity contribution in [1.29, 1.82) is 0 Å². The van der Waals surface area contributed by atoms with Crippen molar-refractivity contribution < 1.29 is 5.11 Å². The first-order valence-corrected chi connectivity index (χ1v) is 11.4. The molecule has 31 heavy (non-hydrogen) atoms. The van der Waals surface area contributed by atoms with Gasteiger partial charge in [0.05, 0.1) is 22.0 Å². The zero-order chi connectivity index (χ0) is 21.8. The highest BCUT2D eigenvalue weighted by molar-refractivity contribution is 5.85. The van der Waals surface area contributed by atoms with Gasteiger partial charge in [0.1, 0.15) is 5.82 Å². The van der Waals surface area contributed by atoms with Crippen LogP contribution in [-0.2, 0) is 5.41 Å². The van der Waals surface area contributed by atoms with Gasteiger partial charge in [0.15, 0.2) is 0 Å².